The van der Waals surface area contributed by atoms with Gasteiger partial charge in [0.2, 0.25) is 5.91 Å². The monoisotopic (exact) mass is 215 g/mol. The summed E-state index contributed by atoms with van der Waals surface area (Å²) in [7, 11) is 0. The van der Waals surface area contributed by atoms with Gasteiger partial charge in [-0.15, -0.1) is 0 Å². The summed E-state index contributed by atoms with van der Waals surface area (Å²) >= 11 is 0. The van der Waals surface area contributed by atoms with Crippen LogP contribution in [-0.2, 0) is 9.59 Å². The highest BCUT2D eigenvalue weighted by molar-refractivity contribution is 5.79. The molecule has 6 N–H and O–H groups in total. The van der Waals surface area contributed by atoms with Crippen molar-refractivity contribution in [3.05, 3.63) is 11.8 Å². The molecule has 0 saturated carbocycles. The first-order valence-corrected chi connectivity index (χ1v) is 4.63. The lowest BCUT2D eigenvalue weighted by Crippen LogP contribution is -2.38. The van der Waals surface area contributed by atoms with Crippen LogP contribution in [0, 0.1) is 0 Å². The highest BCUT2D eigenvalue weighted by Gasteiger charge is 2.09. The van der Waals surface area contributed by atoms with Gasteiger partial charge in [0.15, 0.2) is 0 Å². The predicted molar refractivity (Wildman–Crippen MR) is 55.6 cm³/mol. The summed E-state index contributed by atoms with van der Waals surface area (Å²) in [5, 5.41) is 11.0. The smallest absolute Gasteiger partial charge is 0.220 e. The molecule has 0 aromatic heterocycles. The standard InChI is InChI=1S/C9H17N3O3/c10-3-7(4-11)1-2-9(15)12-8(5-13)6-14/h3,5,8,14H,1-2,4,6,10-11H2,(H,12,15)/b7-3-/t8-/m1/s1. The number of rotatable bonds is 7. The number of carbonyl (C=O) groups is 2. The predicted octanol–water partition coefficient (Wildman–Crippen LogP) is -1.76. The summed E-state index contributed by atoms with van der Waals surface area (Å²) < 4.78 is 0. The Balaban J connectivity index is 3.88. The maximum Gasteiger partial charge on any atom is 0.220 e. The van der Waals surface area contributed by atoms with E-state index in [1.165, 1.54) is 6.20 Å². The van der Waals surface area contributed by atoms with Crippen LogP contribution >= 0.6 is 0 Å². The molecule has 0 unspecified atom stereocenters. The van der Waals surface area contributed by atoms with E-state index in [2.05, 4.69) is 5.32 Å². The lowest BCUT2D eigenvalue weighted by molar-refractivity contribution is -0.124. The lowest BCUT2D eigenvalue weighted by Gasteiger charge is -2.09. The zero-order valence-electron chi connectivity index (χ0n) is 8.48. The second kappa shape index (κ2) is 7.95. The Hall–Kier alpha value is -1.40. The molecule has 0 aliphatic heterocycles. The normalized spacial score (nSPS) is 13.3. The number of aliphatic hydroxyl groups excluding tert-OH is 1. The van der Waals surface area contributed by atoms with Crippen molar-refractivity contribution in [1.29, 1.82) is 0 Å². The molecule has 0 radical (unpaired) electrons. The van der Waals surface area contributed by atoms with Crippen LogP contribution in [0.2, 0.25) is 0 Å². The van der Waals surface area contributed by atoms with E-state index in [-0.39, 0.29) is 12.3 Å². The Morgan fingerprint density at radius 3 is 2.53 bits per heavy atom. The average molecular weight is 215 g/mol. The maximum atomic E-state index is 11.2. The number of amides is 1. The number of aliphatic hydroxyl groups is 1. The van der Waals surface area contributed by atoms with Crippen molar-refractivity contribution < 1.29 is 14.7 Å². The zero-order chi connectivity index (χ0) is 11.7. The lowest BCUT2D eigenvalue weighted by atomic mass is 10.1. The molecule has 86 valence electrons. The van der Waals surface area contributed by atoms with Crippen LogP contribution in [0.5, 0.6) is 0 Å². The fourth-order valence-electron chi connectivity index (χ4n) is 0.929. The summed E-state index contributed by atoms with van der Waals surface area (Å²) in [5.74, 6) is -0.311. The van der Waals surface area contributed by atoms with E-state index >= 15 is 0 Å². The summed E-state index contributed by atoms with van der Waals surface area (Å²) in [5.41, 5.74) is 11.4. The molecular formula is C9H17N3O3. The Morgan fingerprint density at radius 2 is 2.13 bits per heavy atom. The minimum absolute atomic E-state index is 0.199. The first-order chi connectivity index (χ1) is 7.17. The van der Waals surface area contributed by atoms with Crippen LogP contribution in [0.25, 0.3) is 0 Å². The molecule has 0 aliphatic rings. The third kappa shape index (κ3) is 5.82. The van der Waals surface area contributed by atoms with Gasteiger partial charge in [-0.25, -0.2) is 0 Å². The highest BCUT2D eigenvalue weighted by Crippen LogP contribution is 2.01. The molecule has 0 heterocycles. The van der Waals surface area contributed by atoms with Gasteiger partial charge >= 0.3 is 0 Å². The SMILES string of the molecule is N/C=C(\CN)CCC(=O)N[C@H](C=O)CO. The van der Waals surface area contributed by atoms with Crippen LogP contribution in [0.1, 0.15) is 12.8 Å². The van der Waals surface area contributed by atoms with Crippen molar-refractivity contribution >= 4 is 12.2 Å². The summed E-state index contributed by atoms with van der Waals surface area (Å²) in [6.45, 7) is -0.0907. The second-order valence-electron chi connectivity index (χ2n) is 3.02. The van der Waals surface area contributed by atoms with Crippen molar-refractivity contribution in [2.45, 2.75) is 18.9 Å². The molecule has 0 saturated heterocycles. The van der Waals surface area contributed by atoms with E-state index < -0.39 is 12.6 Å². The van der Waals surface area contributed by atoms with Gasteiger partial charge in [0, 0.05) is 13.0 Å². The number of carbonyl (C=O) groups excluding carboxylic acids is 2. The topological polar surface area (TPSA) is 118 Å². The van der Waals surface area contributed by atoms with Crippen molar-refractivity contribution in [1.82, 2.24) is 5.32 Å². The summed E-state index contributed by atoms with van der Waals surface area (Å²) in [6.07, 6.45) is 2.51. The van der Waals surface area contributed by atoms with E-state index in [1.807, 2.05) is 0 Å². The van der Waals surface area contributed by atoms with Gasteiger partial charge in [-0.1, -0.05) is 0 Å². The van der Waals surface area contributed by atoms with Gasteiger partial charge in [0.25, 0.3) is 0 Å². The van der Waals surface area contributed by atoms with Gasteiger partial charge < -0.3 is 26.7 Å². The molecule has 6 nitrogen and oxygen atoms in total. The van der Waals surface area contributed by atoms with Crippen molar-refractivity contribution in [3.8, 4) is 0 Å². The highest BCUT2D eigenvalue weighted by atomic mass is 16.3. The first kappa shape index (κ1) is 13.6. The van der Waals surface area contributed by atoms with E-state index in [0.717, 1.165) is 5.57 Å². The quantitative estimate of drug-likeness (QED) is 0.375. The molecule has 0 rings (SSSR count). The van der Waals surface area contributed by atoms with Crippen LogP contribution in [0.15, 0.2) is 11.8 Å². The van der Waals surface area contributed by atoms with E-state index in [9.17, 15) is 9.59 Å². The van der Waals surface area contributed by atoms with Crippen molar-refractivity contribution in [2.24, 2.45) is 11.5 Å². The maximum absolute atomic E-state index is 11.2. The Bertz CT molecular complexity index is 241. The van der Waals surface area contributed by atoms with Gasteiger partial charge in [-0.05, 0) is 18.2 Å². The number of nitrogens with two attached hydrogens (primary N) is 2. The fourth-order valence-corrected chi connectivity index (χ4v) is 0.929. The van der Waals surface area contributed by atoms with E-state index in [4.69, 9.17) is 16.6 Å². The second-order valence-corrected chi connectivity index (χ2v) is 3.02. The minimum Gasteiger partial charge on any atom is -0.405 e. The zero-order valence-corrected chi connectivity index (χ0v) is 8.48. The average Bonchev–Trinajstić information content (AvgIpc) is 2.27. The van der Waals surface area contributed by atoms with Crippen LogP contribution in [0.4, 0.5) is 0 Å². The number of nitrogens with one attached hydrogen (secondary N) is 1. The van der Waals surface area contributed by atoms with Crippen molar-refractivity contribution in [3.63, 3.8) is 0 Å². The van der Waals surface area contributed by atoms with Crippen LogP contribution in [-0.4, -0.2) is 36.5 Å². The Labute approximate surface area is 88.3 Å². The number of aldehydes is 1. The third-order valence-electron chi connectivity index (χ3n) is 1.88. The molecule has 15 heavy (non-hydrogen) atoms. The molecule has 0 bridgehead atoms. The van der Waals surface area contributed by atoms with E-state index in [1.54, 1.807) is 0 Å². The van der Waals surface area contributed by atoms with Gasteiger partial charge in [0.1, 0.15) is 12.3 Å². The summed E-state index contributed by atoms with van der Waals surface area (Å²) in [6, 6.07) is -0.833. The fraction of sp³-hybridized carbons (Fsp3) is 0.556. The van der Waals surface area contributed by atoms with E-state index in [0.29, 0.717) is 19.3 Å². The molecule has 0 aliphatic carbocycles. The molecular weight excluding hydrogens is 198 g/mol. The van der Waals surface area contributed by atoms with Gasteiger partial charge in [-0.2, -0.15) is 0 Å². The van der Waals surface area contributed by atoms with Gasteiger partial charge in [-0.3, -0.25) is 4.79 Å². The molecule has 0 aromatic carbocycles. The molecule has 0 spiro atoms. The first-order valence-electron chi connectivity index (χ1n) is 4.63. The molecule has 0 aromatic rings. The third-order valence-corrected chi connectivity index (χ3v) is 1.88. The minimum atomic E-state index is -0.833. The molecule has 1 atom stereocenters. The van der Waals surface area contributed by atoms with Crippen LogP contribution < -0.4 is 16.8 Å². The Kier molecular flexibility index (Phi) is 7.21. The number of hydrogen-bond donors (Lipinski definition) is 4. The number of hydrogen-bond acceptors (Lipinski definition) is 5. The largest absolute Gasteiger partial charge is 0.405 e. The summed E-state index contributed by atoms with van der Waals surface area (Å²) in [4.78, 5) is 21.5. The molecule has 6 heteroatoms. The Morgan fingerprint density at radius 1 is 1.47 bits per heavy atom. The van der Waals surface area contributed by atoms with Crippen LogP contribution in [0.3, 0.4) is 0 Å². The van der Waals surface area contributed by atoms with Crippen molar-refractivity contribution in [2.75, 3.05) is 13.2 Å². The molecule has 1 amide bonds. The van der Waals surface area contributed by atoms with Gasteiger partial charge in [0.05, 0.1) is 6.61 Å². The molecule has 0 fully saturated rings.